The molecule has 2 nitrogen and oxygen atoms in total. The van der Waals surface area contributed by atoms with Gasteiger partial charge in [-0.2, -0.15) is 11.8 Å². The molecule has 4 heteroatoms. The molecular weight excluding hydrogens is 250 g/mol. The molecule has 1 N–H and O–H groups in total. The molecular formula is C13H19NOS2. The third-order valence-electron chi connectivity index (χ3n) is 2.97. The number of fused-ring (bicyclic) bond motifs is 1. The number of benzene rings is 1. The smallest absolute Gasteiger partial charge is 0.0415 e. The lowest BCUT2D eigenvalue weighted by Crippen LogP contribution is -2.28. The fourth-order valence-electron chi connectivity index (χ4n) is 2.10. The minimum atomic E-state index is -0.662. The molecule has 1 aliphatic heterocycles. The summed E-state index contributed by atoms with van der Waals surface area (Å²) in [5.74, 6) is 3.08. The van der Waals surface area contributed by atoms with Crippen LogP contribution in [0, 0.1) is 0 Å². The number of hydrogen-bond acceptors (Lipinski definition) is 3. The molecule has 0 saturated carbocycles. The average Bonchev–Trinajstić information content (AvgIpc) is 2.34. The minimum Gasteiger partial charge on any atom is -0.309 e. The summed E-state index contributed by atoms with van der Waals surface area (Å²) in [6.07, 6.45) is 2.76. The minimum absolute atomic E-state index is 0.468. The third-order valence-corrected chi connectivity index (χ3v) is 4.92. The summed E-state index contributed by atoms with van der Waals surface area (Å²) in [5, 5.41) is 3.58. The molecule has 1 heterocycles. The second-order valence-corrected chi connectivity index (χ2v) is 6.94. The van der Waals surface area contributed by atoms with E-state index in [2.05, 4.69) is 29.6 Å². The first-order valence-corrected chi connectivity index (χ1v) is 8.84. The summed E-state index contributed by atoms with van der Waals surface area (Å²) < 4.78 is 11.0. The van der Waals surface area contributed by atoms with Crippen LogP contribution < -0.4 is 5.32 Å². The van der Waals surface area contributed by atoms with Crippen LogP contribution in [0.4, 0.5) is 0 Å². The lowest BCUT2D eigenvalue weighted by Gasteiger charge is -2.26. The highest BCUT2D eigenvalue weighted by Gasteiger charge is 2.18. The van der Waals surface area contributed by atoms with Crippen molar-refractivity contribution in [3.63, 3.8) is 0 Å². The Bertz CT molecular complexity index is 395. The van der Waals surface area contributed by atoms with Crippen LogP contribution in [0.25, 0.3) is 0 Å². The van der Waals surface area contributed by atoms with Crippen LogP contribution in [0.15, 0.2) is 24.3 Å². The van der Waals surface area contributed by atoms with Crippen LogP contribution >= 0.6 is 11.8 Å². The van der Waals surface area contributed by atoms with Gasteiger partial charge in [-0.25, -0.2) is 0 Å². The predicted molar refractivity (Wildman–Crippen MR) is 76.9 cm³/mol. The zero-order valence-electron chi connectivity index (χ0n) is 10.1. The summed E-state index contributed by atoms with van der Waals surface area (Å²) in [5.41, 5.74) is 2.91. The molecule has 1 aliphatic rings. The van der Waals surface area contributed by atoms with Crippen LogP contribution in [-0.2, 0) is 16.6 Å². The van der Waals surface area contributed by atoms with E-state index in [9.17, 15) is 4.21 Å². The van der Waals surface area contributed by atoms with Crippen molar-refractivity contribution in [2.45, 2.75) is 18.2 Å². The largest absolute Gasteiger partial charge is 0.309 e. The molecule has 0 bridgehead atoms. The van der Waals surface area contributed by atoms with Gasteiger partial charge < -0.3 is 5.32 Å². The van der Waals surface area contributed by atoms with Gasteiger partial charge >= 0.3 is 0 Å². The molecule has 0 radical (unpaired) electrons. The van der Waals surface area contributed by atoms with Crippen molar-refractivity contribution in [1.29, 1.82) is 0 Å². The van der Waals surface area contributed by atoms with Gasteiger partial charge in [0.25, 0.3) is 0 Å². The summed E-state index contributed by atoms with van der Waals surface area (Å²) in [4.78, 5) is 0. The molecule has 94 valence electrons. The molecule has 2 unspecified atom stereocenters. The Morgan fingerprint density at radius 2 is 2.29 bits per heavy atom. The lowest BCUT2D eigenvalue weighted by molar-refractivity contribution is 0.571. The number of rotatable bonds is 5. The van der Waals surface area contributed by atoms with E-state index in [0.29, 0.717) is 6.04 Å². The maximum absolute atomic E-state index is 11.0. The molecule has 2 atom stereocenters. The van der Waals surface area contributed by atoms with Gasteiger partial charge in [0.1, 0.15) is 0 Å². The van der Waals surface area contributed by atoms with E-state index in [1.54, 1.807) is 6.26 Å². The fourth-order valence-corrected chi connectivity index (χ4v) is 3.79. The monoisotopic (exact) mass is 269 g/mol. The predicted octanol–water partition coefficient (Wildman–Crippen LogP) is 2.33. The molecule has 0 aromatic heterocycles. The highest BCUT2D eigenvalue weighted by atomic mass is 32.2. The van der Waals surface area contributed by atoms with Crippen molar-refractivity contribution in [2.24, 2.45) is 0 Å². The van der Waals surface area contributed by atoms with Gasteiger partial charge in [-0.05, 0) is 24.1 Å². The first-order chi connectivity index (χ1) is 8.27. The number of thioether (sulfide) groups is 1. The number of hydrogen-bond donors (Lipinski definition) is 1. The summed E-state index contributed by atoms with van der Waals surface area (Å²) in [6.45, 7) is 0.957. The quantitative estimate of drug-likeness (QED) is 0.832. The van der Waals surface area contributed by atoms with Crippen molar-refractivity contribution < 1.29 is 4.21 Å². The Labute approximate surface area is 110 Å². The molecule has 1 aromatic rings. The Balaban J connectivity index is 1.88. The second-order valence-electron chi connectivity index (χ2n) is 4.35. The van der Waals surface area contributed by atoms with Crippen molar-refractivity contribution in [1.82, 2.24) is 5.32 Å². The van der Waals surface area contributed by atoms with Crippen LogP contribution in [0.2, 0.25) is 0 Å². The molecule has 0 aliphatic carbocycles. The van der Waals surface area contributed by atoms with Crippen molar-refractivity contribution in [3.8, 4) is 0 Å². The molecule has 2 rings (SSSR count). The third kappa shape index (κ3) is 3.83. The van der Waals surface area contributed by atoms with Crippen LogP contribution in [0.1, 0.15) is 23.6 Å². The Hall–Kier alpha value is -0.320. The summed E-state index contributed by atoms with van der Waals surface area (Å²) in [6, 6.07) is 9.14. The van der Waals surface area contributed by atoms with E-state index in [1.165, 1.54) is 11.1 Å². The molecule has 0 spiro atoms. The molecule has 17 heavy (non-hydrogen) atoms. The zero-order valence-corrected chi connectivity index (χ0v) is 11.8. The van der Waals surface area contributed by atoms with Crippen LogP contribution in [0.3, 0.4) is 0 Å². The SMILES string of the molecule is CS(=O)CCCNC1CSCc2ccccc21. The standard InChI is InChI=1S/C13H19NOS2/c1-17(15)8-4-7-14-13-10-16-9-11-5-2-3-6-12(11)13/h2-3,5-6,13-14H,4,7-10H2,1H3. The normalized spacial score (nSPS) is 20.9. The highest BCUT2D eigenvalue weighted by Crippen LogP contribution is 2.31. The van der Waals surface area contributed by atoms with E-state index in [4.69, 9.17) is 0 Å². The fraction of sp³-hybridized carbons (Fsp3) is 0.538. The maximum Gasteiger partial charge on any atom is 0.0415 e. The van der Waals surface area contributed by atoms with Gasteiger partial charge in [0.2, 0.25) is 0 Å². The summed E-state index contributed by atoms with van der Waals surface area (Å²) in [7, 11) is -0.662. The van der Waals surface area contributed by atoms with Gasteiger partial charge in [-0.3, -0.25) is 4.21 Å². The van der Waals surface area contributed by atoms with Gasteiger partial charge in [-0.1, -0.05) is 24.3 Å². The maximum atomic E-state index is 11.0. The van der Waals surface area contributed by atoms with Crippen LogP contribution in [0.5, 0.6) is 0 Å². The zero-order chi connectivity index (χ0) is 12.1. The second kappa shape index (κ2) is 6.57. The van der Waals surface area contributed by atoms with Crippen molar-refractivity contribution in [2.75, 3.05) is 24.3 Å². The van der Waals surface area contributed by atoms with Gasteiger partial charge in [0.05, 0.1) is 0 Å². The first-order valence-electron chi connectivity index (χ1n) is 5.96. The molecule has 0 fully saturated rings. The van der Waals surface area contributed by atoms with Gasteiger partial charge in [0.15, 0.2) is 0 Å². The molecule has 0 amide bonds. The van der Waals surface area contributed by atoms with Crippen molar-refractivity contribution in [3.05, 3.63) is 35.4 Å². The number of nitrogens with one attached hydrogen (secondary N) is 1. The van der Waals surface area contributed by atoms with Gasteiger partial charge in [0, 0.05) is 40.4 Å². The molecule has 1 aromatic carbocycles. The van der Waals surface area contributed by atoms with Crippen molar-refractivity contribution >= 4 is 22.6 Å². The topological polar surface area (TPSA) is 29.1 Å². The van der Waals surface area contributed by atoms with E-state index in [0.717, 1.165) is 30.2 Å². The highest BCUT2D eigenvalue weighted by molar-refractivity contribution is 7.98. The van der Waals surface area contributed by atoms with E-state index in [-0.39, 0.29) is 0 Å². The van der Waals surface area contributed by atoms with E-state index < -0.39 is 10.8 Å². The first kappa shape index (κ1) is 13.1. The Kier molecular flexibility index (Phi) is 5.07. The lowest BCUT2D eigenvalue weighted by atomic mass is 10.0. The Morgan fingerprint density at radius 3 is 3.12 bits per heavy atom. The summed E-state index contributed by atoms with van der Waals surface area (Å²) >= 11 is 1.99. The average molecular weight is 269 g/mol. The molecule has 0 saturated heterocycles. The van der Waals surface area contributed by atoms with Gasteiger partial charge in [-0.15, -0.1) is 0 Å². The van der Waals surface area contributed by atoms with E-state index >= 15 is 0 Å². The van der Waals surface area contributed by atoms with E-state index in [1.807, 2.05) is 11.8 Å². The Morgan fingerprint density at radius 1 is 1.47 bits per heavy atom. The van der Waals surface area contributed by atoms with Crippen LogP contribution in [-0.4, -0.2) is 28.5 Å².